The van der Waals surface area contributed by atoms with Crippen molar-refractivity contribution >= 4 is 11.7 Å². The molecule has 4 heteroatoms. The van der Waals surface area contributed by atoms with Gasteiger partial charge in [0.25, 0.3) is 5.91 Å². The number of benzene rings is 1. The minimum Gasteiger partial charge on any atom is -0.307 e. The largest absolute Gasteiger partial charge is 0.307 e. The summed E-state index contributed by atoms with van der Waals surface area (Å²) in [5.74, 6) is 0.584. The molecule has 4 nitrogen and oxygen atoms in total. The Bertz CT molecular complexity index is 558. The van der Waals surface area contributed by atoms with Crippen LogP contribution in [0.5, 0.6) is 0 Å². The van der Waals surface area contributed by atoms with Gasteiger partial charge in [-0.2, -0.15) is 5.10 Å². The fourth-order valence-corrected chi connectivity index (χ4v) is 1.75. The van der Waals surface area contributed by atoms with Crippen molar-refractivity contribution in [1.29, 1.82) is 0 Å². The third-order valence-corrected chi connectivity index (χ3v) is 2.69. The normalized spacial score (nSPS) is 10.3. The van der Waals surface area contributed by atoms with Gasteiger partial charge in [-0.05, 0) is 25.5 Å². The first-order valence-electron chi connectivity index (χ1n) is 5.44. The predicted octanol–water partition coefficient (Wildman–Crippen LogP) is 2.29. The lowest BCUT2D eigenvalue weighted by Crippen LogP contribution is -2.15. The summed E-state index contributed by atoms with van der Waals surface area (Å²) < 4.78 is 1.63. The van der Waals surface area contributed by atoms with Crippen LogP contribution in [-0.4, -0.2) is 15.7 Å². The molecule has 0 spiro atoms. The summed E-state index contributed by atoms with van der Waals surface area (Å²) in [6.07, 6.45) is 1.65. The Hall–Kier alpha value is -2.10. The van der Waals surface area contributed by atoms with Gasteiger partial charge in [-0.25, -0.2) is 0 Å². The highest BCUT2D eigenvalue weighted by molar-refractivity contribution is 6.04. The summed E-state index contributed by atoms with van der Waals surface area (Å²) in [6.45, 7) is 3.95. The van der Waals surface area contributed by atoms with Crippen LogP contribution in [0, 0.1) is 13.8 Å². The molecule has 1 aromatic carbocycles. The fourth-order valence-electron chi connectivity index (χ4n) is 1.75. The zero-order chi connectivity index (χ0) is 12.4. The Balaban J connectivity index is 2.23. The van der Waals surface area contributed by atoms with Crippen LogP contribution in [0.1, 0.15) is 21.5 Å². The van der Waals surface area contributed by atoms with E-state index < -0.39 is 0 Å². The smallest absolute Gasteiger partial charge is 0.257 e. The topological polar surface area (TPSA) is 46.9 Å². The van der Waals surface area contributed by atoms with E-state index in [-0.39, 0.29) is 5.91 Å². The minimum absolute atomic E-state index is 0.105. The van der Waals surface area contributed by atoms with Crippen LogP contribution in [0.2, 0.25) is 0 Å². The molecule has 2 rings (SSSR count). The maximum absolute atomic E-state index is 12.0. The molecule has 1 N–H and O–H groups in total. The number of amides is 1. The average molecular weight is 229 g/mol. The summed E-state index contributed by atoms with van der Waals surface area (Å²) in [5, 5.41) is 6.83. The summed E-state index contributed by atoms with van der Waals surface area (Å²) in [5.41, 5.74) is 2.82. The Kier molecular flexibility index (Phi) is 2.95. The maximum Gasteiger partial charge on any atom is 0.257 e. The molecular formula is C13H15N3O. The van der Waals surface area contributed by atoms with Gasteiger partial charge < -0.3 is 5.32 Å². The van der Waals surface area contributed by atoms with Gasteiger partial charge in [-0.3, -0.25) is 9.48 Å². The molecule has 0 bridgehead atoms. The Morgan fingerprint density at radius 3 is 2.65 bits per heavy atom. The van der Waals surface area contributed by atoms with Crippen molar-refractivity contribution in [3.8, 4) is 0 Å². The molecule has 2 aromatic rings. The van der Waals surface area contributed by atoms with Crippen LogP contribution in [0.3, 0.4) is 0 Å². The first-order chi connectivity index (χ1) is 8.08. The summed E-state index contributed by atoms with van der Waals surface area (Å²) >= 11 is 0. The third kappa shape index (κ3) is 2.36. The second-order valence-electron chi connectivity index (χ2n) is 4.11. The van der Waals surface area contributed by atoms with Crippen LogP contribution < -0.4 is 5.32 Å². The third-order valence-electron chi connectivity index (χ3n) is 2.69. The van der Waals surface area contributed by atoms with Gasteiger partial charge in [0.2, 0.25) is 0 Å². The molecule has 88 valence electrons. The molecular weight excluding hydrogens is 214 g/mol. The number of aromatic nitrogens is 2. The second kappa shape index (κ2) is 4.41. The highest BCUT2D eigenvalue weighted by atomic mass is 16.1. The van der Waals surface area contributed by atoms with E-state index in [2.05, 4.69) is 10.4 Å². The molecule has 17 heavy (non-hydrogen) atoms. The van der Waals surface area contributed by atoms with E-state index in [0.29, 0.717) is 11.4 Å². The minimum atomic E-state index is -0.105. The van der Waals surface area contributed by atoms with E-state index in [9.17, 15) is 4.79 Å². The van der Waals surface area contributed by atoms with Crippen LogP contribution in [0.4, 0.5) is 5.82 Å². The number of nitrogens with zero attached hydrogens (tertiary/aromatic N) is 2. The number of hydrogen-bond donors (Lipinski definition) is 1. The van der Waals surface area contributed by atoms with Crippen LogP contribution >= 0.6 is 0 Å². The first-order valence-corrected chi connectivity index (χ1v) is 5.44. The van der Waals surface area contributed by atoms with Gasteiger partial charge in [0, 0.05) is 18.7 Å². The van der Waals surface area contributed by atoms with E-state index in [1.807, 2.05) is 32.0 Å². The quantitative estimate of drug-likeness (QED) is 0.858. The van der Waals surface area contributed by atoms with Gasteiger partial charge in [-0.15, -0.1) is 0 Å². The molecule has 1 aromatic heterocycles. The number of aryl methyl sites for hydroxylation is 3. The van der Waals surface area contributed by atoms with Crippen molar-refractivity contribution in [1.82, 2.24) is 9.78 Å². The van der Waals surface area contributed by atoms with E-state index in [4.69, 9.17) is 0 Å². The molecule has 1 amide bonds. The number of carbonyl (C=O) groups is 1. The molecule has 0 unspecified atom stereocenters. The number of hydrogen-bond acceptors (Lipinski definition) is 2. The molecule has 0 aliphatic heterocycles. The van der Waals surface area contributed by atoms with Gasteiger partial charge in [0.05, 0.1) is 6.20 Å². The van der Waals surface area contributed by atoms with Crippen molar-refractivity contribution in [2.24, 2.45) is 7.05 Å². The predicted molar refractivity (Wildman–Crippen MR) is 67.1 cm³/mol. The molecule has 0 radical (unpaired) electrons. The summed E-state index contributed by atoms with van der Waals surface area (Å²) in [7, 11) is 1.79. The van der Waals surface area contributed by atoms with Crippen molar-refractivity contribution in [2.45, 2.75) is 13.8 Å². The van der Waals surface area contributed by atoms with Crippen molar-refractivity contribution in [3.63, 3.8) is 0 Å². The van der Waals surface area contributed by atoms with Gasteiger partial charge in [0.1, 0.15) is 5.82 Å². The zero-order valence-electron chi connectivity index (χ0n) is 10.2. The van der Waals surface area contributed by atoms with Crippen molar-refractivity contribution in [3.05, 3.63) is 47.2 Å². The van der Waals surface area contributed by atoms with E-state index in [0.717, 1.165) is 11.1 Å². The van der Waals surface area contributed by atoms with E-state index in [1.165, 1.54) is 0 Å². The molecule has 0 saturated heterocycles. The van der Waals surface area contributed by atoms with Gasteiger partial charge >= 0.3 is 0 Å². The van der Waals surface area contributed by atoms with Gasteiger partial charge in [-0.1, -0.05) is 17.7 Å². The maximum atomic E-state index is 12.0. The standard InChI is InChI=1S/C13H15N3O/c1-9-4-5-11(10(2)8-9)13(17)15-12-6-7-14-16(12)3/h4-8H,1-3H3,(H,15,17). The lowest BCUT2D eigenvalue weighted by atomic mass is 10.1. The van der Waals surface area contributed by atoms with E-state index >= 15 is 0 Å². The van der Waals surface area contributed by atoms with Gasteiger partial charge in [0.15, 0.2) is 0 Å². The number of nitrogens with one attached hydrogen (secondary N) is 1. The fraction of sp³-hybridized carbons (Fsp3) is 0.231. The van der Waals surface area contributed by atoms with Crippen LogP contribution in [-0.2, 0) is 7.05 Å². The van der Waals surface area contributed by atoms with Crippen molar-refractivity contribution < 1.29 is 4.79 Å². The Morgan fingerprint density at radius 1 is 1.29 bits per heavy atom. The second-order valence-corrected chi connectivity index (χ2v) is 4.11. The Morgan fingerprint density at radius 2 is 2.06 bits per heavy atom. The SMILES string of the molecule is Cc1ccc(C(=O)Nc2ccnn2C)c(C)c1. The van der Waals surface area contributed by atoms with Crippen LogP contribution in [0.15, 0.2) is 30.5 Å². The summed E-state index contributed by atoms with van der Waals surface area (Å²) in [6, 6.07) is 7.54. The lowest BCUT2D eigenvalue weighted by Gasteiger charge is -2.08. The molecule has 0 atom stereocenters. The molecule has 1 heterocycles. The number of carbonyl (C=O) groups excluding carboxylic acids is 1. The zero-order valence-corrected chi connectivity index (χ0v) is 10.2. The molecule has 0 aliphatic carbocycles. The highest BCUT2D eigenvalue weighted by Gasteiger charge is 2.10. The average Bonchev–Trinajstić information content (AvgIpc) is 2.64. The lowest BCUT2D eigenvalue weighted by molar-refractivity contribution is 0.102. The monoisotopic (exact) mass is 229 g/mol. The Labute approximate surface area is 100 Å². The van der Waals surface area contributed by atoms with E-state index in [1.54, 1.807) is 24.0 Å². The molecule has 0 aliphatic rings. The molecule has 0 saturated carbocycles. The summed E-state index contributed by atoms with van der Waals surface area (Å²) in [4.78, 5) is 12.0. The molecule has 0 fully saturated rings. The first kappa shape index (κ1) is 11.4. The number of rotatable bonds is 2. The number of anilines is 1. The van der Waals surface area contributed by atoms with Crippen LogP contribution in [0.25, 0.3) is 0 Å². The van der Waals surface area contributed by atoms with Crippen molar-refractivity contribution in [2.75, 3.05) is 5.32 Å². The highest BCUT2D eigenvalue weighted by Crippen LogP contribution is 2.13.